The molecule has 0 bridgehead atoms. The number of rotatable bonds is 4. The van der Waals surface area contributed by atoms with E-state index in [1.54, 1.807) is 11.9 Å². The van der Waals surface area contributed by atoms with Gasteiger partial charge in [0.05, 0.1) is 18.2 Å². The van der Waals surface area contributed by atoms with Gasteiger partial charge in [-0.3, -0.25) is 4.79 Å². The molecule has 2 aliphatic rings. The third kappa shape index (κ3) is 3.43. The molecule has 0 aromatic heterocycles. The Kier molecular flexibility index (Phi) is 5.16. The van der Waals surface area contributed by atoms with Crippen LogP contribution in [0.5, 0.6) is 5.75 Å². The molecule has 3 amide bonds. The van der Waals surface area contributed by atoms with E-state index in [0.29, 0.717) is 31.1 Å². The smallest absolute Gasteiger partial charge is 0.321 e. The number of ether oxygens (including phenoxy) is 1. The Hall–Kier alpha value is -2.24. The Morgan fingerprint density at radius 2 is 2.00 bits per heavy atom. The predicted molar refractivity (Wildman–Crippen MR) is 96.7 cm³/mol. The van der Waals surface area contributed by atoms with Crippen molar-refractivity contribution in [1.29, 1.82) is 0 Å². The van der Waals surface area contributed by atoms with Gasteiger partial charge in [0.15, 0.2) is 0 Å². The minimum Gasteiger partial charge on any atom is -0.492 e. The fourth-order valence-corrected chi connectivity index (χ4v) is 4.29. The largest absolute Gasteiger partial charge is 0.492 e. The molecule has 2 N–H and O–H groups in total. The molecule has 25 heavy (non-hydrogen) atoms. The van der Waals surface area contributed by atoms with Crippen LogP contribution in [0, 0.1) is 11.3 Å². The van der Waals surface area contributed by atoms with E-state index >= 15 is 0 Å². The number of urea groups is 1. The molecular weight excluding hydrogens is 318 g/mol. The summed E-state index contributed by atoms with van der Waals surface area (Å²) >= 11 is 0. The van der Waals surface area contributed by atoms with Gasteiger partial charge >= 0.3 is 6.03 Å². The maximum absolute atomic E-state index is 12.8. The van der Waals surface area contributed by atoms with Crippen LogP contribution >= 0.6 is 0 Å². The Labute approximate surface area is 148 Å². The van der Waals surface area contributed by atoms with Crippen molar-refractivity contribution in [2.75, 3.05) is 32.1 Å². The van der Waals surface area contributed by atoms with Gasteiger partial charge < -0.3 is 20.3 Å². The van der Waals surface area contributed by atoms with Crippen LogP contribution in [0.3, 0.4) is 0 Å². The monoisotopic (exact) mass is 345 g/mol. The summed E-state index contributed by atoms with van der Waals surface area (Å²) < 4.78 is 5.57. The van der Waals surface area contributed by atoms with Crippen LogP contribution in [-0.2, 0) is 4.79 Å². The second-order valence-electron chi connectivity index (χ2n) is 6.98. The van der Waals surface area contributed by atoms with E-state index in [1.165, 1.54) is 0 Å². The van der Waals surface area contributed by atoms with E-state index in [0.717, 1.165) is 25.7 Å². The molecule has 1 aromatic carbocycles. The number of benzene rings is 1. The van der Waals surface area contributed by atoms with Crippen LogP contribution in [0.25, 0.3) is 0 Å². The zero-order valence-corrected chi connectivity index (χ0v) is 15.0. The quantitative estimate of drug-likeness (QED) is 0.881. The number of anilines is 1. The second kappa shape index (κ2) is 7.33. The number of nitrogens with zero attached hydrogens (tertiary/aromatic N) is 1. The van der Waals surface area contributed by atoms with Crippen LogP contribution in [0.4, 0.5) is 10.5 Å². The number of carbonyl (C=O) groups excluding carboxylic acids is 2. The summed E-state index contributed by atoms with van der Waals surface area (Å²) in [5, 5.41) is 5.73. The summed E-state index contributed by atoms with van der Waals surface area (Å²) in [6, 6.07) is 7.26. The molecule has 1 saturated carbocycles. The molecule has 6 nitrogen and oxygen atoms in total. The fourth-order valence-electron chi connectivity index (χ4n) is 4.29. The van der Waals surface area contributed by atoms with Crippen molar-refractivity contribution in [2.45, 2.75) is 32.6 Å². The van der Waals surface area contributed by atoms with Crippen molar-refractivity contribution >= 4 is 17.6 Å². The van der Waals surface area contributed by atoms with Crippen molar-refractivity contribution in [3.05, 3.63) is 24.3 Å². The molecule has 3 rings (SSSR count). The number of para-hydroxylation sites is 2. The summed E-state index contributed by atoms with van der Waals surface area (Å²) in [5.74, 6) is 0.593. The summed E-state index contributed by atoms with van der Waals surface area (Å²) in [6.07, 6.45) is 4.31. The van der Waals surface area contributed by atoms with E-state index in [1.807, 2.05) is 31.2 Å². The number of amides is 3. The van der Waals surface area contributed by atoms with Gasteiger partial charge in [-0.2, -0.15) is 0 Å². The van der Waals surface area contributed by atoms with Crippen LogP contribution in [0.1, 0.15) is 32.6 Å². The lowest BCUT2D eigenvalue weighted by Crippen LogP contribution is -2.38. The highest BCUT2D eigenvalue weighted by molar-refractivity contribution is 5.92. The molecule has 2 fully saturated rings. The van der Waals surface area contributed by atoms with Gasteiger partial charge in [-0.1, -0.05) is 25.0 Å². The highest BCUT2D eigenvalue weighted by Crippen LogP contribution is 2.49. The zero-order valence-electron chi connectivity index (χ0n) is 15.0. The standard InChI is InChI=1S/C19H27N3O3/c1-3-25-16-9-5-4-8-15(16)21-18(24)22-12-14(17(23)20-2)19(13-22)10-6-7-11-19/h4-5,8-9,14H,3,6-7,10-13H2,1-2H3,(H,20,23)(H,21,24)/t14-/m0/s1. The first-order chi connectivity index (χ1) is 12.1. The van der Waals surface area contributed by atoms with Gasteiger partial charge in [-0.05, 0) is 31.9 Å². The Bertz CT molecular complexity index is 641. The second-order valence-corrected chi connectivity index (χ2v) is 6.98. The Morgan fingerprint density at radius 1 is 1.28 bits per heavy atom. The van der Waals surface area contributed by atoms with Crippen LogP contribution in [0.15, 0.2) is 24.3 Å². The average Bonchev–Trinajstić information content (AvgIpc) is 3.24. The molecule has 0 unspecified atom stereocenters. The Balaban J connectivity index is 1.74. The third-order valence-corrected chi connectivity index (χ3v) is 5.53. The molecular formula is C19H27N3O3. The van der Waals surface area contributed by atoms with Gasteiger partial charge in [0.25, 0.3) is 0 Å². The molecule has 0 radical (unpaired) electrons. The first kappa shape index (κ1) is 17.6. The molecule has 1 aliphatic heterocycles. The Morgan fingerprint density at radius 3 is 2.68 bits per heavy atom. The van der Waals surface area contributed by atoms with Gasteiger partial charge in [-0.15, -0.1) is 0 Å². The van der Waals surface area contributed by atoms with E-state index in [4.69, 9.17) is 4.74 Å². The number of hydrogen-bond donors (Lipinski definition) is 2. The first-order valence-corrected chi connectivity index (χ1v) is 9.09. The molecule has 1 aromatic rings. The maximum atomic E-state index is 12.8. The SMILES string of the molecule is CCOc1ccccc1NC(=O)N1C[C@@H](C(=O)NC)C2(CCCC2)C1. The van der Waals surface area contributed by atoms with E-state index < -0.39 is 0 Å². The highest BCUT2D eigenvalue weighted by Gasteiger charge is 2.52. The average molecular weight is 345 g/mol. The van der Waals surface area contributed by atoms with Crippen molar-refractivity contribution in [1.82, 2.24) is 10.2 Å². The molecule has 1 heterocycles. The number of hydrogen-bond acceptors (Lipinski definition) is 3. The van der Waals surface area contributed by atoms with Crippen LogP contribution < -0.4 is 15.4 Å². The number of nitrogens with one attached hydrogen (secondary N) is 2. The summed E-state index contributed by atoms with van der Waals surface area (Å²) in [4.78, 5) is 26.9. The molecule has 1 atom stereocenters. The van der Waals surface area contributed by atoms with Crippen molar-refractivity contribution in [2.24, 2.45) is 11.3 Å². The molecule has 1 saturated heterocycles. The van der Waals surface area contributed by atoms with Crippen molar-refractivity contribution < 1.29 is 14.3 Å². The number of carbonyl (C=O) groups is 2. The zero-order chi connectivity index (χ0) is 17.9. The molecule has 136 valence electrons. The van der Waals surface area contributed by atoms with E-state index in [-0.39, 0.29) is 23.3 Å². The predicted octanol–water partition coefficient (Wildman–Crippen LogP) is 2.86. The normalized spacial score (nSPS) is 21.4. The fraction of sp³-hybridized carbons (Fsp3) is 0.579. The number of likely N-dealkylation sites (tertiary alicyclic amines) is 1. The summed E-state index contributed by atoms with van der Waals surface area (Å²) in [7, 11) is 1.67. The topological polar surface area (TPSA) is 70.7 Å². The molecule has 1 spiro atoms. The summed E-state index contributed by atoms with van der Waals surface area (Å²) in [5.41, 5.74) is 0.606. The van der Waals surface area contributed by atoms with Crippen LogP contribution in [-0.4, -0.2) is 43.6 Å². The highest BCUT2D eigenvalue weighted by atomic mass is 16.5. The van der Waals surface area contributed by atoms with Gasteiger partial charge in [0.1, 0.15) is 5.75 Å². The van der Waals surface area contributed by atoms with Gasteiger partial charge in [0.2, 0.25) is 5.91 Å². The maximum Gasteiger partial charge on any atom is 0.321 e. The lowest BCUT2D eigenvalue weighted by molar-refractivity contribution is -0.127. The molecule has 1 aliphatic carbocycles. The summed E-state index contributed by atoms with van der Waals surface area (Å²) in [6.45, 7) is 3.57. The lowest BCUT2D eigenvalue weighted by atomic mass is 9.76. The lowest BCUT2D eigenvalue weighted by Gasteiger charge is -2.28. The van der Waals surface area contributed by atoms with Gasteiger partial charge in [0, 0.05) is 25.6 Å². The molecule has 6 heteroatoms. The van der Waals surface area contributed by atoms with E-state index in [2.05, 4.69) is 10.6 Å². The minimum absolute atomic E-state index is 0.0481. The third-order valence-electron chi connectivity index (χ3n) is 5.53. The van der Waals surface area contributed by atoms with Crippen molar-refractivity contribution in [3.63, 3.8) is 0 Å². The van der Waals surface area contributed by atoms with E-state index in [9.17, 15) is 9.59 Å². The van der Waals surface area contributed by atoms with Crippen molar-refractivity contribution in [3.8, 4) is 5.75 Å². The first-order valence-electron chi connectivity index (χ1n) is 9.09. The van der Waals surface area contributed by atoms with Gasteiger partial charge in [-0.25, -0.2) is 4.79 Å². The van der Waals surface area contributed by atoms with Crippen LogP contribution in [0.2, 0.25) is 0 Å². The minimum atomic E-state index is -0.162.